The molecule has 0 saturated carbocycles. The van der Waals surface area contributed by atoms with E-state index in [2.05, 4.69) is 0 Å². The van der Waals surface area contributed by atoms with Gasteiger partial charge in [0.2, 0.25) is 0 Å². The Balaban J connectivity index is 2.51. The third kappa shape index (κ3) is 3.89. The van der Waals surface area contributed by atoms with Crippen molar-refractivity contribution in [2.75, 3.05) is 13.2 Å². The van der Waals surface area contributed by atoms with Gasteiger partial charge < -0.3 is 9.84 Å². The van der Waals surface area contributed by atoms with E-state index >= 15 is 0 Å². The van der Waals surface area contributed by atoms with E-state index in [4.69, 9.17) is 14.7 Å². The predicted octanol–water partition coefficient (Wildman–Crippen LogP) is 1.09. The summed E-state index contributed by atoms with van der Waals surface area (Å²) < 4.78 is 5.12. The molecule has 0 radical (unpaired) electrons. The summed E-state index contributed by atoms with van der Waals surface area (Å²) in [6.45, 7) is 5.54. The SMILES string of the molecule is CC(C)(C)OC(=O)N1CC=CC(CO)O1. The summed E-state index contributed by atoms with van der Waals surface area (Å²) in [5.41, 5.74) is -0.545. The molecule has 5 heteroatoms. The zero-order valence-corrected chi connectivity index (χ0v) is 9.27. The number of aliphatic hydroxyl groups is 1. The highest BCUT2D eigenvalue weighted by molar-refractivity contribution is 5.67. The maximum atomic E-state index is 11.5. The zero-order chi connectivity index (χ0) is 11.5. The number of aliphatic hydroxyl groups excluding tert-OH is 1. The van der Waals surface area contributed by atoms with E-state index in [1.807, 2.05) is 0 Å². The van der Waals surface area contributed by atoms with Crippen molar-refractivity contribution in [3.05, 3.63) is 12.2 Å². The number of ether oxygens (including phenoxy) is 1. The van der Waals surface area contributed by atoms with Crippen LogP contribution in [0.2, 0.25) is 0 Å². The molecule has 1 heterocycles. The van der Waals surface area contributed by atoms with Crippen LogP contribution in [-0.4, -0.2) is 41.1 Å². The molecule has 1 N–H and O–H groups in total. The lowest BCUT2D eigenvalue weighted by Crippen LogP contribution is -2.41. The molecular formula is C10H17NO4. The summed E-state index contributed by atoms with van der Waals surface area (Å²) in [7, 11) is 0. The van der Waals surface area contributed by atoms with Gasteiger partial charge in [-0.2, -0.15) is 5.06 Å². The average molecular weight is 215 g/mol. The predicted molar refractivity (Wildman–Crippen MR) is 54.0 cm³/mol. The molecule has 1 amide bonds. The summed E-state index contributed by atoms with van der Waals surface area (Å²) in [5.74, 6) is 0. The number of carbonyl (C=O) groups excluding carboxylic acids is 1. The van der Waals surface area contributed by atoms with Crippen LogP contribution in [0.4, 0.5) is 4.79 Å². The fraction of sp³-hybridized carbons (Fsp3) is 0.700. The molecule has 0 aliphatic carbocycles. The Kier molecular flexibility index (Phi) is 3.71. The second kappa shape index (κ2) is 4.63. The topological polar surface area (TPSA) is 59.0 Å². The van der Waals surface area contributed by atoms with Crippen molar-refractivity contribution in [3.8, 4) is 0 Å². The van der Waals surface area contributed by atoms with Crippen LogP contribution in [0.3, 0.4) is 0 Å². The van der Waals surface area contributed by atoms with Gasteiger partial charge >= 0.3 is 6.09 Å². The van der Waals surface area contributed by atoms with Crippen LogP contribution in [-0.2, 0) is 9.57 Å². The average Bonchev–Trinajstić information content (AvgIpc) is 2.15. The molecule has 1 rings (SSSR count). The van der Waals surface area contributed by atoms with Gasteiger partial charge in [-0.15, -0.1) is 0 Å². The van der Waals surface area contributed by atoms with E-state index in [-0.39, 0.29) is 6.61 Å². The van der Waals surface area contributed by atoms with Crippen LogP contribution in [0.15, 0.2) is 12.2 Å². The number of hydroxylamine groups is 2. The van der Waals surface area contributed by atoms with Crippen LogP contribution in [0.1, 0.15) is 20.8 Å². The standard InChI is InChI=1S/C10H17NO4/c1-10(2,3)14-9(13)11-6-4-5-8(7-12)15-11/h4-5,8,12H,6-7H2,1-3H3. The van der Waals surface area contributed by atoms with Gasteiger partial charge in [-0.1, -0.05) is 12.2 Å². The number of hydrogen-bond donors (Lipinski definition) is 1. The lowest BCUT2D eigenvalue weighted by molar-refractivity contribution is -0.177. The first-order valence-electron chi connectivity index (χ1n) is 4.87. The first kappa shape index (κ1) is 12.0. The number of hydrogen-bond acceptors (Lipinski definition) is 4. The molecule has 15 heavy (non-hydrogen) atoms. The minimum absolute atomic E-state index is 0.157. The molecule has 0 aromatic carbocycles. The Bertz CT molecular complexity index is 257. The second-order valence-electron chi connectivity index (χ2n) is 4.30. The van der Waals surface area contributed by atoms with Crippen molar-refractivity contribution in [3.63, 3.8) is 0 Å². The van der Waals surface area contributed by atoms with Gasteiger partial charge in [0.15, 0.2) is 0 Å². The van der Waals surface area contributed by atoms with Crippen LogP contribution >= 0.6 is 0 Å². The zero-order valence-electron chi connectivity index (χ0n) is 9.27. The Morgan fingerprint density at radius 3 is 2.87 bits per heavy atom. The summed E-state index contributed by atoms with van der Waals surface area (Å²) >= 11 is 0. The maximum absolute atomic E-state index is 11.5. The lowest BCUT2D eigenvalue weighted by Gasteiger charge is -2.29. The van der Waals surface area contributed by atoms with E-state index in [0.29, 0.717) is 6.54 Å². The molecule has 1 aliphatic rings. The highest BCUT2D eigenvalue weighted by Gasteiger charge is 2.25. The number of rotatable bonds is 1. The maximum Gasteiger partial charge on any atom is 0.434 e. The van der Waals surface area contributed by atoms with Gasteiger partial charge in [0.05, 0.1) is 13.2 Å². The fourth-order valence-electron chi connectivity index (χ4n) is 1.07. The fourth-order valence-corrected chi connectivity index (χ4v) is 1.07. The second-order valence-corrected chi connectivity index (χ2v) is 4.30. The normalized spacial score (nSPS) is 21.6. The molecular weight excluding hydrogens is 198 g/mol. The molecule has 0 aromatic heterocycles. The van der Waals surface area contributed by atoms with Crippen LogP contribution < -0.4 is 0 Å². The van der Waals surface area contributed by atoms with Crippen LogP contribution in [0, 0.1) is 0 Å². The minimum Gasteiger partial charge on any atom is -0.442 e. The molecule has 0 saturated heterocycles. The van der Waals surface area contributed by atoms with Gasteiger partial charge in [-0.05, 0) is 20.8 Å². The highest BCUT2D eigenvalue weighted by Crippen LogP contribution is 2.13. The molecule has 0 spiro atoms. The molecule has 86 valence electrons. The van der Waals surface area contributed by atoms with E-state index in [9.17, 15) is 4.79 Å². The Morgan fingerprint density at radius 1 is 1.67 bits per heavy atom. The van der Waals surface area contributed by atoms with E-state index in [0.717, 1.165) is 5.06 Å². The molecule has 5 nitrogen and oxygen atoms in total. The van der Waals surface area contributed by atoms with Gasteiger partial charge in [0.25, 0.3) is 0 Å². The summed E-state index contributed by atoms with van der Waals surface area (Å²) in [5, 5.41) is 9.97. The highest BCUT2D eigenvalue weighted by atomic mass is 16.7. The van der Waals surface area contributed by atoms with Crippen molar-refractivity contribution in [2.45, 2.75) is 32.5 Å². The van der Waals surface area contributed by atoms with E-state index in [1.54, 1.807) is 32.9 Å². The van der Waals surface area contributed by atoms with Gasteiger partial charge in [-0.25, -0.2) is 4.79 Å². The third-order valence-electron chi connectivity index (χ3n) is 1.66. The Morgan fingerprint density at radius 2 is 2.33 bits per heavy atom. The smallest absolute Gasteiger partial charge is 0.434 e. The molecule has 1 unspecified atom stereocenters. The molecule has 0 fully saturated rings. The minimum atomic E-state index is -0.545. The first-order valence-corrected chi connectivity index (χ1v) is 4.87. The van der Waals surface area contributed by atoms with Gasteiger partial charge in [0, 0.05) is 0 Å². The number of nitrogens with zero attached hydrogens (tertiary/aromatic N) is 1. The van der Waals surface area contributed by atoms with Crippen molar-refractivity contribution in [1.82, 2.24) is 5.06 Å². The molecule has 0 aromatic rings. The number of amides is 1. The summed E-state index contributed by atoms with van der Waals surface area (Å²) in [4.78, 5) is 16.7. The van der Waals surface area contributed by atoms with Gasteiger partial charge in [0.1, 0.15) is 11.7 Å². The monoisotopic (exact) mass is 215 g/mol. The quantitative estimate of drug-likeness (QED) is 0.665. The van der Waals surface area contributed by atoms with E-state index < -0.39 is 17.8 Å². The van der Waals surface area contributed by atoms with Crippen LogP contribution in [0.5, 0.6) is 0 Å². The van der Waals surface area contributed by atoms with Crippen molar-refractivity contribution < 1.29 is 19.5 Å². The molecule has 1 atom stereocenters. The Hall–Kier alpha value is -1.07. The summed E-state index contributed by atoms with van der Waals surface area (Å²) in [6.07, 6.45) is 2.46. The van der Waals surface area contributed by atoms with Gasteiger partial charge in [-0.3, -0.25) is 4.84 Å². The van der Waals surface area contributed by atoms with Crippen molar-refractivity contribution in [2.24, 2.45) is 0 Å². The third-order valence-corrected chi connectivity index (χ3v) is 1.66. The van der Waals surface area contributed by atoms with Crippen molar-refractivity contribution >= 4 is 6.09 Å². The van der Waals surface area contributed by atoms with E-state index in [1.165, 1.54) is 0 Å². The largest absolute Gasteiger partial charge is 0.442 e. The summed E-state index contributed by atoms with van der Waals surface area (Å²) in [6, 6.07) is 0. The van der Waals surface area contributed by atoms with Crippen LogP contribution in [0.25, 0.3) is 0 Å². The number of carbonyl (C=O) groups is 1. The first-order chi connectivity index (χ1) is 6.92. The molecule has 0 bridgehead atoms. The Labute approximate surface area is 89.2 Å². The molecule has 1 aliphatic heterocycles. The van der Waals surface area contributed by atoms with Crippen molar-refractivity contribution in [1.29, 1.82) is 0 Å². The lowest BCUT2D eigenvalue weighted by atomic mass is 10.2.